The van der Waals surface area contributed by atoms with Gasteiger partial charge in [0.05, 0.1) is 12.2 Å². The first-order valence-electron chi connectivity index (χ1n) is 4.46. The summed E-state index contributed by atoms with van der Waals surface area (Å²) < 4.78 is 5.66. The Hall–Kier alpha value is -0.0800. The highest BCUT2D eigenvalue weighted by molar-refractivity contribution is 5.06. The van der Waals surface area contributed by atoms with Crippen molar-refractivity contribution >= 4 is 0 Å². The molecule has 2 aliphatic rings. The Morgan fingerprint density at radius 1 is 1.45 bits per heavy atom. The number of nitrogens with zero attached hydrogens (tertiary/aromatic N) is 1. The van der Waals surface area contributed by atoms with Crippen molar-refractivity contribution in [1.82, 2.24) is 4.90 Å². The van der Waals surface area contributed by atoms with Crippen molar-refractivity contribution < 1.29 is 4.74 Å². The highest BCUT2D eigenvalue weighted by Gasteiger charge is 2.55. The summed E-state index contributed by atoms with van der Waals surface area (Å²) in [4.78, 5) is 2.33. The lowest BCUT2D eigenvalue weighted by molar-refractivity contribution is -0.273. The molecule has 0 amide bonds. The van der Waals surface area contributed by atoms with Crippen molar-refractivity contribution in [1.29, 1.82) is 0 Å². The van der Waals surface area contributed by atoms with Crippen LogP contribution in [-0.2, 0) is 4.74 Å². The fraction of sp³-hybridized carbons (Fsp3) is 1.00. The van der Waals surface area contributed by atoms with E-state index in [2.05, 4.69) is 25.8 Å². The van der Waals surface area contributed by atoms with E-state index in [1.807, 2.05) is 0 Å². The highest BCUT2D eigenvalue weighted by Crippen LogP contribution is 2.43. The molecule has 0 aromatic rings. The van der Waals surface area contributed by atoms with E-state index in [-0.39, 0.29) is 5.60 Å². The standard InChI is InChI=1S/C9H17NO/c1-7(2)8-4-11-9(8)5-10(3)6-9/h7-8H,4-6H2,1-3H3. The summed E-state index contributed by atoms with van der Waals surface area (Å²) in [5.74, 6) is 1.61. The third kappa shape index (κ3) is 0.926. The molecule has 2 rings (SSSR count). The summed E-state index contributed by atoms with van der Waals surface area (Å²) in [7, 11) is 2.16. The van der Waals surface area contributed by atoms with Gasteiger partial charge in [0.2, 0.25) is 0 Å². The third-order valence-electron chi connectivity index (χ3n) is 3.11. The van der Waals surface area contributed by atoms with Crippen LogP contribution in [0.3, 0.4) is 0 Å². The number of hydrogen-bond acceptors (Lipinski definition) is 2. The van der Waals surface area contributed by atoms with Crippen molar-refractivity contribution in [2.45, 2.75) is 19.4 Å². The van der Waals surface area contributed by atoms with Gasteiger partial charge in [0.1, 0.15) is 0 Å². The topological polar surface area (TPSA) is 12.5 Å². The summed E-state index contributed by atoms with van der Waals surface area (Å²) in [6.45, 7) is 7.89. The van der Waals surface area contributed by atoms with Crippen LogP contribution < -0.4 is 0 Å². The summed E-state index contributed by atoms with van der Waals surface area (Å²) in [6, 6.07) is 0. The second-order valence-electron chi connectivity index (χ2n) is 4.40. The van der Waals surface area contributed by atoms with Crippen molar-refractivity contribution in [3.63, 3.8) is 0 Å². The van der Waals surface area contributed by atoms with E-state index >= 15 is 0 Å². The average Bonchev–Trinajstić information content (AvgIpc) is 1.76. The zero-order valence-corrected chi connectivity index (χ0v) is 7.63. The van der Waals surface area contributed by atoms with Crippen LogP contribution in [0.4, 0.5) is 0 Å². The van der Waals surface area contributed by atoms with Gasteiger partial charge in [0, 0.05) is 19.0 Å². The molecule has 0 aliphatic carbocycles. The average molecular weight is 155 g/mol. The maximum Gasteiger partial charge on any atom is 0.0987 e. The van der Waals surface area contributed by atoms with Crippen molar-refractivity contribution in [2.75, 3.05) is 26.7 Å². The first kappa shape index (κ1) is 7.56. The summed E-state index contributed by atoms with van der Waals surface area (Å²) in [5.41, 5.74) is 0.281. The van der Waals surface area contributed by atoms with Crippen molar-refractivity contribution in [3.8, 4) is 0 Å². The van der Waals surface area contributed by atoms with Gasteiger partial charge in [-0.1, -0.05) is 13.8 Å². The first-order chi connectivity index (χ1) is 5.14. The molecule has 11 heavy (non-hydrogen) atoms. The normalized spacial score (nSPS) is 35.5. The molecule has 0 aromatic heterocycles. The lowest BCUT2D eigenvalue weighted by Crippen LogP contribution is -2.73. The van der Waals surface area contributed by atoms with Gasteiger partial charge in [-0.2, -0.15) is 0 Å². The van der Waals surface area contributed by atoms with Gasteiger partial charge < -0.3 is 9.64 Å². The molecule has 0 bridgehead atoms. The van der Waals surface area contributed by atoms with Gasteiger partial charge in [-0.15, -0.1) is 0 Å². The molecule has 2 nitrogen and oxygen atoms in total. The van der Waals surface area contributed by atoms with Crippen LogP contribution in [0.25, 0.3) is 0 Å². The molecule has 1 atom stereocenters. The Labute approximate surface area is 68.5 Å². The van der Waals surface area contributed by atoms with Gasteiger partial charge in [0.15, 0.2) is 0 Å². The fourth-order valence-corrected chi connectivity index (χ4v) is 2.41. The minimum absolute atomic E-state index is 0.281. The lowest BCUT2D eigenvalue weighted by atomic mass is 9.71. The van der Waals surface area contributed by atoms with Crippen LogP contribution in [0, 0.1) is 11.8 Å². The molecule has 2 heterocycles. The van der Waals surface area contributed by atoms with E-state index < -0.39 is 0 Å². The smallest absolute Gasteiger partial charge is 0.0987 e. The van der Waals surface area contributed by atoms with E-state index in [1.165, 1.54) is 0 Å². The maximum absolute atomic E-state index is 5.66. The van der Waals surface area contributed by atoms with Crippen LogP contribution in [0.1, 0.15) is 13.8 Å². The monoisotopic (exact) mass is 155 g/mol. The molecule has 0 N–H and O–H groups in total. The SMILES string of the molecule is CC(C)C1COC12CN(C)C2. The van der Waals surface area contributed by atoms with Crippen LogP contribution in [-0.4, -0.2) is 37.2 Å². The molecule has 2 heteroatoms. The van der Waals surface area contributed by atoms with Crippen LogP contribution in [0.2, 0.25) is 0 Å². The van der Waals surface area contributed by atoms with Gasteiger partial charge in [0.25, 0.3) is 0 Å². The van der Waals surface area contributed by atoms with Gasteiger partial charge in [-0.3, -0.25) is 0 Å². The molecule has 64 valence electrons. The second kappa shape index (κ2) is 2.20. The molecule has 0 radical (unpaired) electrons. The third-order valence-corrected chi connectivity index (χ3v) is 3.11. The molecule has 0 aromatic carbocycles. The van der Waals surface area contributed by atoms with Crippen LogP contribution in [0.5, 0.6) is 0 Å². The Balaban J connectivity index is 1.96. The Morgan fingerprint density at radius 3 is 2.36 bits per heavy atom. The Morgan fingerprint density at radius 2 is 2.09 bits per heavy atom. The predicted octanol–water partition coefficient (Wildman–Crippen LogP) is 0.973. The number of hydrogen-bond donors (Lipinski definition) is 0. The van der Waals surface area contributed by atoms with Gasteiger partial charge in [-0.25, -0.2) is 0 Å². The number of likely N-dealkylation sites (tertiary alicyclic amines) is 1. The molecular weight excluding hydrogens is 138 g/mol. The van der Waals surface area contributed by atoms with E-state index in [0.29, 0.717) is 0 Å². The van der Waals surface area contributed by atoms with E-state index in [0.717, 1.165) is 31.5 Å². The van der Waals surface area contributed by atoms with E-state index in [1.54, 1.807) is 0 Å². The summed E-state index contributed by atoms with van der Waals surface area (Å²) in [6.07, 6.45) is 0. The van der Waals surface area contributed by atoms with Crippen LogP contribution >= 0.6 is 0 Å². The number of ether oxygens (including phenoxy) is 1. The molecular formula is C9H17NO. The largest absolute Gasteiger partial charge is 0.372 e. The Kier molecular flexibility index (Phi) is 1.52. The molecule has 2 fully saturated rings. The molecule has 1 spiro atoms. The van der Waals surface area contributed by atoms with E-state index in [4.69, 9.17) is 4.74 Å². The lowest BCUT2D eigenvalue weighted by Gasteiger charge is -2.60. The second-order valence-corrected chi connectivity index (χ2v) is 4.40. The highest BCUT2D eigenvalue weighted by atomic mass is 16.5. The number of rotatable bonds is 1. The van der Waals surface area contributed by atoms with Crippen molar-refractivity contribution in [3.05, 3.63) is 0 Å². The van der Waals surface area contributed by atoms with Gasteiger partial charge in [-0.05, 0) is 13.0 Å². The molecule has 2 aliphatic heterocycles. The zero-order valence-electron chi connectivity index (χ0n) is 7.63. The Bertz CT molecular complexity index is 161. The van der Waals surface area contributed by atoms with Crippen LogP contribution in [0.15, 0.2) is 0 Å². The molecule has 0 saturated carbocycles. The van der Waals surface area contributed by atoms with Crippen molar-refractivity contribution in [2.24, 2.45) is 11.8 Å². The summed E-state index contributed by atoms with van der Waals surface area (Å²) in [5, 5.41) is 0. The predicted molar refractivity (Wildman–Crippen MR) is 44.5 cm³/mol. The maximum atomic E-state index is 5.66. The quantitative estimate of drug-likeness (QED) is 0.559. The zero-order chi connectivity index (χ0) is 8.06. The fourth-order valence-electron chi connectivity index (χ4n) is 2.41. The molecule has 1 unspecified atom stereocenters. The van der Waals surface area contributed by atoms with Gasteiger partial charge >= 0.3 is 0 Å². The minimum atomic E-state index is 0.281. The van der Waals surface area contributed by atoms with E-state index in [9.17, 15) is 0 Å². The molecule has 2 saturated heterocycles. The minimum Gasteiger partial charge on any atom is -0.372 e. The first-order valence-corrected chi connectivity index (χ1v) is 4.46. The number of likely N-dealkylation sites (N-methyl/N-ethyl adjacent to an activating group) is 1. The summed E-state index contributed by atoms with van der Waals surface area (Å²) >= 11 is 0.